The maximum atomic E-state index is 11.5. The van der Waals surface area contributed by atoms with Crippen LogP contribution in [0, 0.1) is 0 Å². The van der Waals surface area contributed by atoms with E-state index in [4.69, 9.17) is 5.73 Å². The number of hydrogen-bond donors (Lipinski definition) is 1. The van der Waals surface area contributed by atoms with E-state index >= 15 is 0 Å². The number of aromatic nitrogens is 1. The third-order valence-corrected chi connectivity index (χ3v) is 3.58. The maximum absolute atomic E-state index is 11.5. The number of thiazole rings is 1. The molecule has 0 aliphatic heterocycles. The van der Waals surface area contributed by atoms with Crippen molar-refractivity contribution in [2.75, 3.05) is 12.0 Å². The van der Waals surface area contributed by atoms with Crippen LogP contribution in [-0.4, -0.2) is 15.8 Å². The van der Waals surface area contributed by atoms with Gasteiger partial charge in [-0.15, -0.1) is 11.3 Å². The van der Waals surface area contributed by atoms with Gasteiger partial charge in [-0.1, -0.05) is 0 Å². The van der Waals surface area contributed by atoms with Crippen molar-refractivity contribution in [3.63, 3.8) is 0 Å². The normalized spacial score (nSPS) is 12.7. The highest BCUT2D eigenvalue weighted by atomic mass is 32.2. The Morgan fingerprint density at radius 1 is 1.47 bits per heavy atom. The van der Waals surface area contributed by atoms with Gasteiger partial charge in [-0.3, -0.25) is 0 Å². The predicted molar refractivity (Wildman–Crippen MR) is 64.3 cm³/mol. The van der Waals surface area contributed by atoms with Crippen molar-refractivity contribution >= 4 is 28.2 Å². The minimum Gasteiger partial charge on any atom is -0.612 e. The predicted octanol–water partition coefficient (Wildman–Crippen LogP) is 2.13. The second-order valence-electron chi connectivity index (χ2n) is 3.08. The number of nitrogens with two attached hydrogens (primary N) is 1. The minimum atomic E-state index is -1.02. The molecule has 0 saturated heterocycles. The number of hydrogen-bond acceptors (Lipinski definition) is 4. The van der Waals surface area contributed by atoms with Gasteiger partial charge in [0, 0.05) is 11.1 Å². The van der Waals surface area contributed by atoms with Crippen LogP contribution in [0.1, 0.15) is 0 Å². The van der Waals surface area contributed by atoms with E-state index in [1.165, 1.54) is 11.3 Å². The molecule has 2 rings (SSSR count). The number of nitrogens with zero attached hydrogens (tertiary/aromatic N) is 1. The Morgan fingerprint density at radius 3 is 2.87 bits per heavy atom. The van der Waals surface area contributed by atoms with Crippen molar-refractivity contribution < 1.29 is 4.55 Å². The van der Waals surface area contributed by atoms with E-state index in [1.54, 1.807) is 23.9 Å². The molecule has 1 heterocycles. The zero-order chi connectivity index (χ0) is 10.8. The van der Waals surface area contributed by atoms with Crippen molar-refractivity contribution in [1.29, 1.82) is 0 Å². The van der Waals surface area contributed by atoms with Crippen LogP contribution in [0.25, 0.3) is 11.3 Å². The molecule has 1 aromatic carbocycles. The summed E-state index contributed by atoms with van der Waals surface area (Å²) in [6.07, 6.45) is 1.65. The van der Waals surface area contributed by atoms with Crippen LogP contribution >= 0.6 is 11.3 Å². The van der Waals surface area contributed by atoms with Gasteiger partial charge in [0.2, 0.25) is 0 Å². The number of anilines is 1. The van der Waals surface area contributed by atoms with Gasteiger partial charge in [-0.05, 0) is 29.4 Å². The monoisotopic (exact) mass is 238 g/mol. The molecule has 5 heteroatoms. The average Bonchev–Trinajstić information content (AvgIpc) is 2.69. The Kier molecular flexibility index (Phi) is 2.95. The van der Waals surface area contributed by atoms with Crippen molar-refractivity contribution in [1.82, 2.24) is 4.98 Å². The molecule has 1 unspecified atom stereocenters. The molecule has 1 aromatic heterocycles. The van der Waals surface area contributed by atoms with Crippen LogP contribution in [0.5, 0.6) is 0 Å². The van der Waals surface area contributed by atoms with Crippen molar-refractivity contribution in [2.24, 2.45) is 0 Å². The summed E-state index contributed by atoms with van der Waals surface area (Å²) in [5.74, 6) is 0. The van der Waals surface area contributed by atoms with Gasteiger partial charge in [0.15, 0.2) is 4.90 Å². The lowest BCUT2D eigenvalue weighted by atomic mass is 10.1. The molecule has 0 saturated carbocycles. The summed E-state index contributed by atoms with van der Waals surface area (Å²) in [7, 11) is 0. The molecule has 0 aliphatic rings. The van der Waals surface area contributed by atoms with Crippen LogP contribution in [-0.2, 0) is 11.2 Å². The summed E-state index contributed by atoms with van der Waals surface area (Å²) >= 11 is 0.485. The molecule has 1 atom stereocenters. The summed E-state index contributed by atoms with van der Waals surface area (Å²) in [5, 5.41) is 1.92. The molecule has 0 bridgehead atoms. The number of nitrogen functional groups attached to an aromatic ring is 1. The van der Waals surface area contributed by atoms with E-state index in [-0.39, 0.29) is 0 Å². The second-order valence-corrected chi connectivity index (χ2v) is 5.15. The Morgan fingerprint density at radius 2 is 2.27 bits per heavy atom. The first-order valence-electron chi connectivity index (χ1n) is 4.30. The maximum Gasteiger partial charge on any atom is 0.161 e. The zero-order valence-corrected chi connectivity index (χ0v) is 9.77. The number of benzene rings is 1. The van der Waals surface area contributed by atoms with Crippen LogP contribution in [0.3, 0.4) is 0 Å². The molecule has 15 heavy (non-hydrogen) atoms. The topological polar surface area (TPSA) is 62.0 Å². The molecule has 78 valence electrons. The molecular formula is C10H10N2OS2. The fourth-order valence-electron chi connectivity index (χ4n) is 1.34. The molecule has 0 radical (unpaired) electrons. The third kappa shape index (κ3) is 2.14. The fraction of sp³-hybridized carbons (Fsp3) is 0.100. The summed E-state index contributed by atoms with van der Waals surface area (Å²) in [4.78, 5) is 4.97. The second kappa shape index (κ2) is 4.22. The SMILES string of the molecule is C[S+]([O-])c1ccc(N)cc1-c1cscn1. The van der Waals surface area contributed by atoms with Crippen LogP contribution in [0.15, 0.2) is 34.0 Å². The molecular weight excluding hydrogens is 228 g/mol. The summed E-state index contributed by atoms with van der Waals surface area (Å²) < 4.78 is 11.5. The molecule has 3 nitrogen and oxygen atoms in total. The standard InChI is InChI=1S/C10H10N2OS2/c1-15(13)10-3-2-7(11)4-8(10)9-5-14-6-12-9/h2-6H,11H2,1H3. The van der Waals surface area contributed by atoms with Crippen LogP contribution in [0.2, 0.25) is 0 Å². The molecule has 0 amide bonds. The van der Waals surface area contributed by atoms with E-state index in [0.717, 1.165) is 16.2 Å². The summed E-state index contributed by atoms with van der Waals surface area (Å²) in [6.45, 7) is 0. The number of rotatable bonds is 2. The average molecular weight is 238 g/mol. The fourth-order valence-corrected chi connectivity index (χ4v) is 2.63. The van der Waals surface area contributed by atoms with E-state index in [9.17, 15) is 4.55 Å². The zero-order valence-electron chi connectivity index (χ0n) is 8.14. The third-order valence-electron chi connectivity index (χ3n) is 2.02. The van der Waals surface area contributed by atoms with E-state index in [0.29, 0.717) is 5.69 Å². The van der Waals surface area contributed by atoms with Gasteiger partial charge in [-0.2, -0.15) is 0 Å². The minimum absolute atomic E-state index is 0.659. The van der Waals surface area contributed by atoms with E-state index in [2.05, 4.69) is 4.98 Å². The van der Waals surface area contributed by atoms with Gasteiger partial charge in [0.1, 0.15) is 6.26 Å². The Hall–Kier alpha value is -1.04. The van der Waals surface area contributed by atoms with Crippen molar-refractivity contribution in [3.8, 4) is 11.3 Å². The Balaban J connectivity index is 2.58. The first kappa shape index (κ1) is 10.5. The molecule has 2 N–H and O–H groups in total. The van der Waals surface area contributed by atoms with Gasteiger partial charge in [-0.25, -0.2) is 4.98 Å². The highest BCUT2D eigenvalue weighted by Crippen LogP contribution is 2.28. The van der Waals surface area contributed by atoms with Gasteiger partial charge < -0.3 is 10.3 Å². The van der Waals surface area contributed by atoms with Crippen LogP contribution in [0.4, 0.5) is 5.69 Å². The quantitative estimate of drug-likeness (QED) is 0.644. The lowest BCUT2D eigenvalue weighted by Crippen LogP contribution is -2.01. The summed E-state index contributed by atoms with van der Waals surface area (Å²) in [5.41, 5.74) is 9.81. The van der Waals surface area contributed by atoms with Crippen LogP contribution < -0.4 is 5.73 Å². The first-order valence-corrected chi connectivity index (χ1v) is 6.80. The molecule has 0 spiro atoms. The largest absolute Gasteiger partial charge is 0.612 e. The highest BCUT2D eigenvalue weighted by Gasteiger charge is 2.14. The Labute approximate surface area is 95.1 Å². The van der Waals surface area contributed by atoms with Gasteiger partial charge in [0.05, 0.1) is 16.8 Å². The lowest BCUT2D eigenvalue weighted by molar-refractivity contribution is 0.601. The van der Waals surface area contributed by atoms with Gasteiger partial charge >= 0.3 is 0 Å². The molecule has 2 aromatic rings. The summed E-state index contributed by atoms with van der Waals surface area (Å²) in [6, 6.07) is 5.36. The highest BCUT2D eigenvalue weighted by molar-refractivity contribution is 7.90. The van der Waals surface area contributed by atoms with E-state index < -0.39 is 11.2 Å². The van der Waals surface area contributed by atoms with Crippen molar-refractivity contribution in [3.05, 3.63) is 29.1 Å². The Bertz CT molecular complexity index is 454. The smallest absolute Gasteiger partial charge is 0.161 e. The lowest BCUT2D eigenvalue weighted by Gasteiger charge is -2.09. The van der Waals surface area contributed by atoms with Gasteiger partial charge in [0.25, 0.3) is 0 Å². The van der Waals surface area contributed by atoms with Crippen molar-refractivity contribution in [2.45, 2.75) is 4.90 Å². The molecule has 0 aliphatic carbocycles. The first-order chi connectivity index (χ1) is 7.18. The van der Waals surface area contributed by atoms with E-state index in [1.807, 2.05) is 11.4 Å². The molecule has 0 fully saturated rings.